The SMILES string of the molecule is [C-]#[N+]c1c(F)ccc([C@H]2CN3CCN(C(=O)Cc4ccc(-n5cnnn5)cc4)C[C@H]3CO2)c1OC. The van der Waals surface area contributed by atoms with Crippen molar-refractivity contribution in [3.8, 4) is 11.4 Å². The smallest absolute Gasteiger partial charge is 0.263 e. The molecular weight excluding hydrogens is 453 g/mol. The van der Waals surface area contributed by atoms with Crippen LogP contribution < -0.4 is 4.74 Å². The van der Waals surface area contributed by atoms with E-state index in [2.05, 4.69) is 25.3 Å². The highest BCUT2D eigenvalue weighted by molar-refractivity contribution is 5.79. The zero-order valence-corrected chi connectivity index (χ0v) is 19.2. The summed E-state index contributed by atoms with van der Waals surface area (Å²) in [6, 6.07) is 10.6. The molecule has 3 heterocycles. The first-order valence-electron chi connectivity index (χ1n) is 11.3. The molecule has 5 rings (SSSR count). The molecule has 11 heteroatoms. The van der Waals surface area contributed by atoms with Crippen molar-refractivity contribution >= 4 is 11.6 Å². The van der Waals surface area contributed by atoms with Crippen LogP contribution in [-0.4, -0.2) is 81.9 Å². The number of carbonyl (C=O) groups is 1. The van der Waals surface area contributed by atoms with Gasteiger partial charge >= 0.3 is 0 Å². The average Bonchev–Trinajstić information content (AvgIpc) is 3.43. The molecule has 2 aliphatic heterocycles. The monoisotopic (exact) mass is 477 g/mol. The Bertz CT molecular complexity index is 1240. The molecule has 0 aliphatic carbocycles. The number of aromatic nitrogens is 4. The number of morpholine rings is 1. The average molecular weight is 478 g/mol. The van der Waals surface area contributed by atoms with Crippen molar-refractivity contribution in [3.05, 3.63) is 71.1 Å². The van der Waals surface area contributed by atoms with Gasteiger partial charge in [0.15, 0.2) is 0 Å². The van der Waals surface area contributed by atoms with Crippen molar-refractivity contribution in [2.45, 2.75) is 18.6 Å². The molecule has 1 aromatic heterocycles. The molecule has 0 N–H and O–H groups in total. The Morgan fingerprint density at radius 1 is 1.23 bits per heavy atom. The Morgan fingerprint density at radius 2 is 2.06 bits per heavy atom. The molecule has 0 saturated carbocycles. The fourth-order valence-corrected chi connectivity index (χ4v) is 4.67. The molecule has 2 saturated heterocycles. The third-order valence-corrected chi connectivity index (χ3v) is 6.53. The zero-order valence-electron chi connectivity index (χ0n) is 19.2. The molecule has 10 nitrogen and oxygen atoms in total. The van der Waals surface area contributed by atoms with Crippen LogP contribution in [0.1, 0.15) is 17.2 Å². The minimum atomic E-state index is -0.605. The number of rotatable bonds is 5. The number of fused-ring (bicyclic) bond motifs is 1. The number of hydrogen-bond acceptors (Lipinski definition) is 7. The summed E-state index contributed by atoms with van der Waals surface area (Å²) in [6.45, 7) is 10.2. The van der Waals surface area contributed by atoms with Crippen molar-refractivity contribution in [1.29, 1.82) is 0 Å². The Balaban J connectivity index is 1.20. The lowest BCUT2D eigenvalue weighted by Crippen LogP contribution is -2.59. The van der Waals surface area contributed by atoms with Crippen molar-refractivity contribution in [2.75, 3.05) is 39.9 Å². The second-order valence-electron chi connectivity index (χ2n) is 8.54. The summed E-state index contributed by atoms with van der Waals surface area (Å²) in [5.74, 6) is -0.307. The lowest BCUT2D eigenvalue weighted by molar-refractivity contribution is -0.139. The number of halogens is 1. The summed E-state index contributed by atoms with van der Waals surface area (Å²) in [5, 5.41) is 11.1. The van der Waals surface area contributed by atoms with Crippen LogP contribution in [0.5, 0.6) is 5.75 Å². The normalized spacial score (nSPS) is 20.2. The number of carbonyl (C=O) groups excluding carboxylic acids is 1. The lowest BCUT2D eigenvalue weighted by atomic mass is 10.0. The number of tetrazole rings is 1. The van der Waals surface area contributed by atoms with E-state index in [9.17, 15) is 9.18 Å². The minimum absolute atomic E-state index is 0.0730. The van der Waals surface area contributed by atoms with Crippen molar-refractivity contribution in [1.82, 2.24) is 30.0 Å². The van der Waals surface area contributed by atoms with E-state index in [-0.39, 0.29) is 29.5 Å². The van der Waals surface area contributed by atoms with Gasteiger partial charge in [0.25, 0.3) is 5.69 Å². The highest BCUT2D eigenvalue weighted by Crippen LogP contribution is 2.40. The maximum atomic E-state index is 14.0. The number of piperazine rings is 1. The van der Waals surface area contributed by atoms with E-state index in [1.54, 1.807) is 10.7 Å². The topological polar surface area (TPSA) is 90.0 Å². The van der Waals surface area contributed by atoms with Gasteiger partial charge in [-0.2, -0.15) is 0 Å². The summed E-state index contributed by atoms with van der Waals surface area (Å²) in [5.41, 5.74) is 2.29. The molecule has 35 heavy (non-hydrogen) atoms. The molecule has 0 bridgehead atoms. The van der Waals surface area contributed by atoms with Crippen LogP contribution in [0.3, 0.4) is 0 Å². The number of methoxy groups -OCH3 is 1. The van der Waals surface area contributed by atoms with Crippen molar-refractivity contribution in [2.24, 2.45) is 0 Å². The third kappa shape index (κ3) is 4.58. The van der Waals surface area contributed by atoms with Crippen LogP contribution in [0, 0.1) is 12.4 Å². The van der Waals surface area contributed by atoms with Crippen LogP contribution in [0.4, 0.5) is 10.1 Å². The largest absolute Gasteiger partial charge is 0.507 e. The van der Waals surface area contributed by atoms with E-state index in [0.29, 0.717) is 44.8 Å². The third-order valence-electron chi connectivity index (χ3n) is 6.53. The molecule has 1 amide bonds. The molecular formula is C24H24FN7O3. The highest BCUT2D eigenvalue weighted by atomic mass is 19.1. The van der Waals surface area contributed by atoms with Crippen LogP contribution in [0.2, 0.25) is 0 Å². The predicted molar refractivity (Wildman–Crippen MR) is 123 cm³/mol. The van der Waals surface area contributed by atoms with Gasteiger partial charge in [-0.3, -0.25) is 9.69 Å². The number of ether oxygens (including phenoxy) is 2. The molecule has 0 spiro atoms. The first-order valence-corrected chi connectivity index (χ1v) is 11.3. The summed E-state index contributed by atoms with van der Waals surface area (Å²) in [7, 11) is 1.43. The Kier molecular flexibility index (Phi) is 6.39. The van der Waals surface area contributed by atoms with Gasteiger partial charge in [-0.1, -0.05) is 18.2 Å². The van der Waals surface area contributed by atoms with Crippen LogP contribution in [0.15, 0.2) is 42.7 Å². The standard InChI is InChI=1S/C24H24FN7O3/c1-26-23-20(25)8-7-19(24(23)34-2)21-13-30-9-10-31(12-18(30)14-35-21)22(33)11-16-3-5-17(6-4-16)32-15-27-28-29-32/h3-8,15,18,21H,9-14H2,2H3/t18-,21+/m0/s1. The van der Waals surface area contributed by atoms with Crippen molar-refractivity contribution < 1.29 is 18.7 Å². The predicted octanol–water partition coefficient (Wildman–Crippen LogP) is 2.19. The van der Waals surface area contributed by atoms with Crippen LogP contribution >= 0.6 is 0 Å². The number of hydrogen-bond donors (Lipinski definition) is 0. The fourth-order valence-electron chi connectivity index (χ4n) is 4.67. The Labute approximate surface area is 201 Å². The summed E-state index contributed by atoms with van der Waals surface area (Å²) in [4.78, 5) is 20.4. The number of benzene rings is 2. The van der Waals surface area contributed by atoms with Crippen LogP contribution in [0.25, 0.3) is 10.5 Å². The quantitative estimate of drug-likeness (QED) is 0.521. The highest BCUT2D eigenvalue weighted by Gasteiger charge is 2.36. The lowest BCUT2D eigenvalue weighted by Gasteiger charge is -2.46. The number of amides is 1. The maximum absolute atomic E-state index is 14.0. The summed E-state index contributed by atoms with van der Waals surface area (Å²) < 4.78 is 27.0. The first-order chi connectivity index (χ1) is 17.1. The second kappa shape index (κ2) is 9.77. The molecule has 0 radical (unpaired) electrons. The van der Waals surface area contributed by atoms with E-state index in [0.717, 1.165) is 11.3 Å². The summed E-state index contributed by atoms with van der Waals surface area (Å²) in [6.07, 6.45) is 1.51. The number of nitrogens with zero attached hydrogens (tertiary/aromatic N) is 7. The summed E-state index contributed by atoms with van der Waals surface area (Å²) >= 11 is 0. The molecule has 2 fully saturated rings. The maximum Gasteiger partial charge on any atom is 0.263 e. The minimum Gasteiger partial charge on any atom is -0.507 e. The van der Waals surface area contributed by atoms with Gasteiger partial charge in [-0.15, -0.1) is 5.10 Å². The molecule has 2 aromatic carbocycles. The van der Waals surface area contributed by atoms with Crippen molar-refractivity contribution in [3.63, 3.8) is 0 Å². The molecule has 2 aliphatic rings. The van der Waals surface area contributed by atoms with Gasteiger partial charge in [0.05, 0.1) is 44.5 Å². The molecule has 0 unspecified atom stereocenters. The van der Waals surface area contributed by atoms with Gasteiger partial charge in [0, 0.05) is 31.7 Å². The van der Waals surface area contributed by atoms with Gasteiger partial charge in [-0.25, -0.2) is 13.9 Å². The van der Waals surface area contributed by atoms with Crippen LogP contribution in [-0.2, 0) is 16.0 Å². The fraction of sp³-hybridized carbons (Fsp3) is 0.375. The van der Waals surface area contributed by atoms with Gasteiger partial charge in [0.2, 0.25) is 5.91 Å². The molecule has 2 atom stereocenters. The van der Waals surface area contributed by atoms with E-state index in [1.165, 1.54) is 19.5 Å². The zero-order chi connectivity index (χ0) is 24.4. The van der Waals surface area contributed by atoms with Gasteiger partial charge in [0.1, 0.15) is 17.9 Å². The molecule has 180 valence electrons. The Hall–Kier alpha value is -3.88. The first kappa shape index (κ1) is 22.9. The van der Waals surface area contributed by atoms with E-state index in [4.69, 9.17) is 16.0 Å². The van der Waals surface area contributed by atoms with E-state index >= 15 is 0 Å². The van der Waals surface area contributed by atoms with Gasteiger partial charge in [-0.05, 0) is 34.2 Å². The van der Waals surface area contributed by atoms with E-state index in [1.807, 2.05) is 29.2 Å². The second-order valence-corrected chi connectivity index (χ2v) is 8.54. The molecule has 3 aromatic rings. The van der Waals surface area contributed by atoms with Gasteiger partial charge < -0.3 is 14.4 Å². The van der Waals surface area contributed by atoms with E-state index < -0.39 is 5.82 Å². The Morgan fingerprint density at radius 3 is 2.77 bits per heavy atom.